The summed E-state index contributed by atoms with van der Waals surface area (Å²) in [6.45, 7) is 2.00. The molecule has 0 saturated heterocycles. The Kier molecular flexibility index (Phi) is 5.43. The van der Waals surface area contributed by atoms with Crippen LogP contribution in [0.25, 0.3) is 32.9 Å². The van der Waals surface area contributed by atoms with E-state index in [4.69, 9.17) is 20.4 Å². The van der Waals surface area contributed by atoms with Gasteiger partial charge in [-0.15, -0.1) is 23.1 Å². The molecule has 5 aromatic rings. The number of furan rings is 1. The molecule has 0 aliphatic rings. The molecule has 1 atom stereocenters. The molecule has 31 heavy (non-hydrogen) atoms. The van der Waals surface area contributed by atoms with E-state index in [1.807, 2.05) is 42.6 Å². The lowest BCUT2D eigenvalue weighted by atomic mass is 10.2. The first-order chi connectivity index (χ1) is 15.1. The maximum Gasteiger partial charge on any atom is 0.260 e. The van der Waals surface area contributed by atoms with Crippen molar-refractivity contribution in [3.63, 3.8) is 0 Å². The minimum absolute atomic E-state index is 0.0443. The third-order valence-electron chi connectivity index (χ3n) is 4.77. The summed E-state index contributed by atoms with van der Waals surface area (Å²) in [5.41, 5.74) is 1.52. The average Bonchev–Trinajstić information content (AvgIpc) is 3.52. The molecule has 4 aromatic heterocycles. The van der Waals surface area contributed by atoms with Crippen LogP contribution in [0.4, 0.5) is 0 Å². The van der Waals surface area contributed by atoms with Crippen LogP contribution in [0.2, 0.25) is 5.02 Å². The van der Waals surface area contributed by atoms with Crippen LogP contribution in [0, 0.1) is 0 Å². The summed E-state index contributed by atoms with van der Waals surface area (Å²) < 4.78 is 11.3. The Morgan fingerprint density at radius 2 is 2.06 bits per heavy atom. The SMILES string of the molecule is CC(SCc1ncc(-c2ccc(Cl)cc2)o1)c1nc2scc(-c3ccco3)c2c(=O)[nH]1. The number of hydrogen-bond donors (Lipinski definition) is 1. The molecule has 6 nitrogen and oxygen atoms in total. The molecular weight excluding hydrogens is 454 g/mol. The lowest BCUT2D eigenvalue weighted by Crippen LogP contribution is -2.12. The Morgan fingerprint density at radius 1 is 1.23 bits per heavy atom. The molecule has 4 heterocycles. The number of nitrogens with one attached hydrogen (secondary N) is 1. The number of thiophene rings is 1. The van der Waals surface area contributed by atoms with Gasteiger partial charge in [0.25, 0.3) is 5.56 Å². The Balaban J connectivity index is 1.32. The van der Waals surface area contributed by atoms with E-state index in [-0.39, 0.29) is 10.8 Å². The highest BCUT2D eigenvalue weighted by atomic mass is 35.5. The van der Waals surface area contributed by atoms with Crippen LogP contribution >= 0.6 is 34.7 Å². The van der Waals surface area contributed by atoms with Crippen LogP contribution in [-0.4, -0.2) is 15.0 Å². The smallest absolute Gasteiger partial charge is 0.260 e. The van der Waals surface area contributed by atoms with Crippen molar-refractivity contribution in [2.24, 2.45) is 0 Å². The molecule has 5 rings (SSSR count). The van der Waals surface area contributed by atoms with E-state index in [9.17, 15) is 4.79 Å². The Hall–Kier alpha value is -2.81. The zero-order valence-electron chi connectivity index (χ0n) is 16.3. The van der Waals surface area contributed by atoms with E-state index in [2.05, 4.69) is 15.0 Å². The third kappa shape index (κ3) is 4.06. The van der Waals surface area contributed by atoms with Crippen molar-refractivity contribution in [1.82, 2.24) is 15.0 Å². The quantitative estimate of drug-likeness (QED) is 0.303. The van der Waals surface area contributed by atoms with Crippen LogP contribution in [0.3, 0.4) is 0 Å². The lowest BCUT2D eigenvalue weighted by Gasteiger charge is -2.09. The standard InChI is InChI=1S/C22H16ClN3O3S2/c1-12(30-11-18-24-9-17(29-18)13-4-6-14(23)7-5-13)20-25-21(27)19-15(10-31-22(19)26-20)16-3-2-8-28-16/h2-10,12H,11H2,1H3,(H,25,26,27). The molecule has 0 saturated carbocycles. The molecule has 0 aliphatic carbocycles. The summed E-state index contributed by atoms with van der Waals surface area (Å²) in [7, 11) is 0. The number of benzene rings is 1. The topological polar surface area (TPSA) is 84.9 Å². The Labute approximate surface area is 190 Å². The van der Waals surface area contributed by atoms with Crippen molar-refractivity contribution in [3.8, 4) is 22.6 Å². The monoisotopic (exact) mass is 469 g/mol. The fourth-order valence-corrected chi connectivity index (χ4v) is 5.03. The number of thioether (sulfide) groups is 1. The van der Waals surface area contributed by atoms with Gasteiger partial charge in [-0.3, -0.25) is 4.79 Å². The molecule has 0 spiro atoms. The van der Waals surface area contributed by atoms with Crippen molar-refractivity contribution < 1.29 is 8.83 Å². The van der Waals surface area contributed by atoms with E-state index >= 15 is 0 Å². The first kappa shape index (κ1) is 20.1. The number of oxazole rings is 1. The van der Waals surface area contributed by atoms with Crippen molar-refractivity contribution in [1.29, 1.82) is 0 Å². The number of nitrogens with zero attached hydrogens (tertiary/aromatic N) is 2. The van der Waals surface area contributed by atoms with Crippen LogP contribution in [0.5, 0.6) is 0 Å². The summed E-state index contributed by atoms with van der Waals surface area (Å²) in [5, 5.41) is 3.09. The molecule has 156 valence electrons. The second-order valence-electron chi connectivity index (χ2n) is 6.84. The maximum absolute atomic E-state index is 12.8. The molecule has 1 unspecified atom stereocenters. The Bertz CT molecular complexity index is 1390. The van der Waals surface area contributed by atoms with E-state index in [0.29, 0.717) is 44.2 Å². The average molecular weight is 470 g/mol. The second kappa shape index (κ2) is 8.37. The number of H-pyrrole nitrogens is 1. The molecule has 0 fully saturated rings. The predicted molar refractivity (Wildman–Crippen MR) is 125 cm³/mol. The van der Waals surface area contributed by atoms with Gasteiger partial charge in [0, 0.05) is 21.5 Å². The van der Waals surface area contributed by atoms with Crippen LogP contribution in [0.15, 0.2) is 67.9 Å². The van der Waals surface area contributed by atoms with Gasteiger partial charge in [0.15, 0.2) is 5.76 Å². The van der Waals surface area contributed by atoms with Crippen LogP contribution < -0.4 is 5.56 Å². The largest absolute Gasteiger partial charge is 0.464 e. The normalized spacial score (nSPS) is 12.5. The summed E-state index contributed by atoms with van der Waals surface area (Å²) in [4.78, 5) is 25.4. The fraction of sp³-hybridized carbons (Fsp3) is 0.136. The highest BCUT2D eigenvalue weighted by molar-refractivity contribution is 7.98. The number of halogens is 1. The summed E-state index contributed by atoms with van der Waals surface area (Å²) >= 11 is 8.96. The van der Waals surface area contributed by atoms with E-state index in [1.165, 1.54) is 11.3 Å². The highest BCUT2D eigenvalue weighted by Gasteiger charge is 2.18. The van der Waals surface area contributed by atoms with E-state index in [0.717, 1.165) is 11.1 Å². The third-order valence-corrected chi connectivity index (χ3v) is 7.03. The van der Waals surface area contributed by atoms with Gasteiger partial charge >= 0.3 is 0 Å². The van der Waals surface area contributed by atoms with Crippen molar-refractivity contribution in [3.05, 3.63) is 81.3 Å². The molecule has 0 radical (unpaired) electrons. The van der Waals surface area contributed by atoms with Gasteiger partial charge < -0.3 is 13.8 Å². The fourth-order valence-electron chi connectivity index (χ4n) is 3.17. The van der Waals surface area contributed by atoms with Gasteiger partial charge in [-0.1, -0.05) is 11.6 Å². The lowest BCUT2D eigenvalue weighted by molar-refractivity contribution is 0.529. The summed E-state index contributed by atoms with van der Waals surface area (Å²) in [6, 6.07) is 11.1. The zero-order valence-corrected chi connectivity index (χ0v) is 18.7. The molecule has 0 bridgehead atoms. The minimum atomic E-state index is -0.166. The first-order valence-corrected chi connectivity index (χ1v) is 11.8. The molecule has 9 heteroatoms. The van der Waals surface area contributed by atoms with Gasteiger partial charge in [0.2, 0.25) is 5.89 Å². The van der Waals surface area contributed by atoms with Crippen LogP contribution in [-0.2, 0) is 5.75 Å². The number of rotatable bonds is 6. The molecule has 1 aromatic carbocycles. The molecule has 0 amide bonds. The van der Waals surface area contributed by atoms with Gasteiger partial charge in [0.05, 0.1) is 28.8 Å². The van der Waals surface area contributed by atoms with Gasteiger partial charge in [-0.05, 0) is 43.3 Å². The van der Waals surface area contributed by atoms with Gasteiger partial charge in [-0.25, -0.2) is 9.97 Å². The molecular formula is C22H16ClN3O3S2. The van der Waals surface area contributed by atoms with Crippen LogP contribution in [0.1, 0.15) is 23.9 Å². The molecule has 0 aliphatic heterocycles. The molecule has 1 N–H and O–H groups in total. The number of hydrogen-bond acceptors (Lipinski definition) is 7. The highest BCUT2D eigenvalue weighted by Crippen LogP contribution is 2.34. The maximum atomic E-state index is 12.8. The predicted octanol–water partition coefficient (Wildman–Crippen LogP) is 6.55. The second-order valence-corrected chi connectivity index (χ2v) is 9.46. The zero-order chi connectivity index (χ0) is 21.4. The number of aromatic amines is 1. The van der Waals surface area contributed by atoms with Crippen molar-refractivity contribution in [2.75, 3.05) is 0 Å². The number of aromatic nitrogens is 3. The summed E-state index contributed by atoms with van der Waals surface area (Å²) in [5.74, 6) is 3.14. The first-order valence-electron chi connectivity index (χ1n) is 9.46. The van der Waals surface area contributed by atoms with E-state index < -0.39 is 0 Å². The van der Waals surface area contributed by atoms with Gasteiger partial charge in [-0.2, -0.15) is 0 Å². The van der Waals surface area contributed by atoms with Crippen molar-refractivity contribution in [2.45, 2.75) is 17.9 Å². The minimum Gasteiger partial charge on any atom is -0.464 e. The van der Waals surface area contributed by atoms with E-state index in [1.54, 1.807) is 30.3 Å². The Morgan fingerprint density at radius 3 is 2.84 bits per heavy atom. The number of fused-ring (bicyclic) bond motifs is 1. The summed E-state index contributed by atoms with van der Waals surface area (Å²) in [6.07, 6.45) is 3.30. The van der Waals surface area contributed by atoms with Crippen molar-refractivity contribution >= 4 is 44.9 Å². The van der Waals surface area contributed by atoms with Gasteiger partial charge in [0.1, 0.15) is 16.4 Å².